The second-order valence-electron chi connectivity index (χ2n) is 6.26. The fourth-order valence-corrected chi connectivity index (χ4v) is 2.48. The summed E-state index contributed by atoms with van der Waals surface area (Å²) < 4.78 is 12.0. The first-order chi connectivity index (χ1) is 12.7. The molecule has 0 saturated heterocycles. The predicted octanol–water partition coefficient (Wildman–Crippen LogP) is 3.76. The molecule has 0 aromatic carbocycles. The third-order valence-electron chi connectivity index (χ3n) is 3.97. The van der Waals surface area contributed by atoms with Gasteiger partial charge in [-0.05, 0) is 6.42 Å². The zero-order chi connectivity index (χ0) is 18.9. The molecule has 0 fully saturated rings. The fraction of sp³-hybridized carbons (Fsp3) is 0.571. The number of rotatable bonds is 14. The second kappa shape index (κ2) is 15.1. The van der Waals surface area contributed by atoms with Gasteiger partial charge in [0.2, 0.25) is 0 Å². The smallest absolute Gasteiger partial charge is 0.331 e. The van der Waals surface area contributed by atoms with Gasteiger partial charge in [0.05, 0.1) is 6.61 Å². The molecule has 0 N–H and O–H groups in total. The number of hydrogen-bond donors (Lipinski definition) is 0. The molecule has 1 aromatic rings. The van der Waals surface area contributed by atoms with Gasteiger partial charge in [0.15, 0.2) is 25.5 Å². The Bertz CT molecular complexity index is 528. The van der Waals surface area contributed by atoms with Crippen LogP contribution in [0.4, 0.5) is 0 Å². The van der Waals surface area contributed by atoms with Crippen molar-refractivity contribution in [3.63, 3.8) is 0 Å². The molecule has 0 radical (unpaired) electrons. The van der Waals surface area contributed by atoms with E-state index in [0.29, 0.717) is 13.2 Å². The van der Waals surface area contributed by atoms with Crippen molar-refractivity contribution in [1.82, 2.24) is 0 Å². The van der Waals surface area contributed by atoms with Crippen LogP contribution in [0.25, 0.3) is 0 Å². The summed E-state index contributed by atoms with van der Waals surface area (Å²) in [5.74, 6) is -1.03. The van der Waals surface area contributed by atoms with Crippen LogP contribution in [0.1, 0.15) is 58.3 Å². The molecule has 0 spiro atoms. The summed E-state index contributed by atoms with van der Waals surface area (Å²) in [4.78, 5) is 23.1. The van der Waals surface area contributed by atoms with Crippen molar-refractivity contribution in [2.24, 2.45) is 0 Å². The first-order valence-corrected chi connectivity index (χ1v) is 9.68. The lowest BCUT2D eigenvalue weighted by Crippen LogP contribution is -2.35. The Morgan fingerprint density at radius 2 is 1.31 bits per heavy atom. The van der Waals surface area contributed by atoms with E-state index in [1.54, 1.807) is 0 Å². The lowest BCUT2D eigenvalue weighted by atomic mass is 10.1. The number of unbranched alkanes of at least 4 members (excludes halogenated alkanes) is 7. The Hall–Kier alpha value is -2.17. The minimum absolute atomic E-state index is 0.255. The van der Waals surface area contributed by atoms with Gasteiger partial charge in [-0.1, -0.05) is 57.9 Å². The van der Waals surface area contributed by atoms with Crippen molar-refractivity contribution in [2.45, 2.75) is 64.8 Å². The van der Waals surface area contributed by atoms with Crippen LogP contribution in [-0.4, -0.2) is 25.2 Å². The maximum absolute atomic E-state index is 11.5. The van der Waals surface area contributed by atoms with Crippen molar-refractivity contribution < 1.29 is 23.6 Å². The third-order valence-corrected chi connectivity index (χ3v) is 3.97. The molecule has 26 heavy (non-hydrogen) atoms. The summed E-state index contributed by atoms with van der Waals surface area (Å²) in [5.41, 5.74) is 0. The zero-order valence-corrected chi connectivity index (χ0v) is 15.9. The van der Waals surface area contributed by atoms with Crippen molar-refractivity contribution in [3.05, 3.63) is 42.7 Å². The SMILES string of the molecule is CCCCCCCCCCOC(=O)/C=C\C(=O)OCC[n+]1ccccc1. The molecule has 0 atom stereocenters. The molecule has 0 amide bonds. The highest BCUT2D eigenvalue weighted by Gasteiger charge is 2.03. The number of ether oxygens (including phenoxy) is 2. The normalized spacial score (nSPS) is 10.8. The molecule has 144 valence electrons. The van der Waals surface area contributed by atoms with Crippen LogP contribution < -0.4 is 4.57 Å². The highest BCUT2D eigenvalue weighted by molar-refractivity contribution is 5.91. The van der Waals surface area contributed by atoms with Crippen LogP contribution >= 0.6 is 0 Å². The summed E-state index contributed by atoms with van der Waals surface area (Å²) in [7, 11) is 0. The molecule has 1 aromatic heterocycles. The van der Waals surface area contributed by atoms with Crippen molar-refractivity contribution in [1.29, 1.82) is 0 Å². The minimum atomic E-state index is -0.537. The molecule has 0 saturated carbocycles. The topological polar surface area (TPSA) is 56.5 Å². The van der Waals surface area contributed by atoms with E-state index in [-0.39, 0.29) is 6.61 Å². The van der Waals surface area contributed by atoms with Crippen molar-refractivity contribution in [3.8, 4) is 0 Å². The molecular formula is C21H32NO4+. The van der Waals surface area contributed by atoms with Crippen LogP contribution in [0, 0.1) is 0 Å². The second-order valence-corrected chi connectivity index (χ2v) is 6.26. The van der Waals surface area contributed by atoms with Crippen LogP contribution in [-0.2, 0) is 25.6 Å². The zero-order valence-electron chi connectivity index (χ0n) is 15.9. The molecule has 0 bridgehead atoms. The summed E-state index contributed by atoms with van der Waals surface area (Å²) >= 11 is 0. The van der Waals surface area contributed by atoms with E-state index in [9.17, 15) is 9.59 Å². The van der Waals surface area contributed by atoms with Gasteiger partial charge in [-0.3, -0.25) is 0 Å². The van der Waals surface area contributed by atoms with Gasteiger partial charge < -0.3 is 9.47 Å². The predicted molar refractivity (Wildman–Crippen MR) is 100 cm³/mol. The first kappa shape index (κ1) is 21.9. The fourth-order valence-electron chi connectivity index (χ4n) is 2.48. The third kappa shape index (κ3) is 12.2. The number of carbonyl (C=O) groups excluding carboxylic acids is 2. The molecule has 0 unspecified atom stereocenters. The van der Waals surface area contributed by atoms with Crippen molar-refractivity contribution in [2.75, 3.05) is 13.2 Å². The molecule has 5 nitrogen and oxygen atoms in total. The van der Waals surface area contributed by atoms with Gasteiger partial charge in [0, 0.05) is 24.3 Å². The summed E-state index contributed by atoms with van der Waals surface area (Å²) in [6.07, 6.45) is 15.6. The highest BCUT2D eigenvalue weighted by atomic mass is 16.5. The van der Waals surface area contributed by atoms with Gasteiger partial charge in [-0.2, -0.15) is 0 Å². The molecule has 0 aliphatic rings. The summed E-state index contributed by atoms with van der Waals surface area (Å²) in [5, 5.41) is 0. The van der Waals surface area contributed by atoms with Gasteiger partial charge in [0.1, 0.15) is 0 Å². The van der Waals surface area contributed by atoms with E-state index in [1.165, 1.54) is 38.5 Å². The highest BCUT2D eigenvalue weighted by Crippen LogP contribution is 2.08. The van der Waals surface area contributed by atoms with E-state index < -0.39 is 11.9 Å². The maximum atomic E-state index is 11.5. The van der Waals surface area contributed by atoms with Gasteiger partial charge in [0.25, 0.3) is 0 Å². The lowest BCUT2D eigenvalue weighted by molar-refractivity contribution is -0.697. The Morgan fingerprint density at radius 3 is 1.92 bits per heavy atom. The quantitative estimate of drug-likeness (QED) is 0.219. The largest absolute Gasteiger partial charge is 0.463 e. The number of hydrogen-bond acceptors (Lipinski definition) is 4. The van der Waals surface area contributed by atoms with E-state index >= 15 is 0 Å². The van der Waals surface area contributed by atoms with Crippen LogP contribution in [0.3, 0.4) is 0 Å². The summed E-state index contributed by atoms with van der Waals surface area (Å²) in [6.45, 7) is 3.44. The maximum Gasteiger partial charge on any atom is 0.331 e. The van der Waals surface area contributed by atoms with E-state index in [1.807, 2.05) is 35.2 Å². The van der Waals surface area contributed by atoms with E-state index in [4.69, 9.17) is 9.47 Å². The Balaban J connectivity index is 1.99. The number of aromatic nitrogens is 1. The Kier molecular flexibility index (Phi) is 12.7. The molecule has 0 aliphatic carbocycles. The average molecular weight is 362 g/mol. The van der Waals surface area contributed by atoms with E-state index in [2.05, 4.69) is 6.92 Å². The monoisotopic (exact) mass is 362 g/mol. The van der Waals surface area contributed by atoms with Crippen LogP contribution in [0.15, 0.2) is 42.7 Å². The van der Waals surface area contributed by atoms with Gasteiger partial charge in [-0.25, -0.2) is 14.2 Å². The molecule has 1 heterocycles. The number of esters is 2. The number of pyridine rings is 1. The minimum Gasteiger partial charge on any atom is -0.463 e. The lowest BCUT2D eigenvalue weighted by Gasteiger charge is -2.03. The average Bonchev–Trinajstić information content (AvgIpc) is 2.66. The van der Waals surface area contributed by atoms with E-state index in [0.717, 1.165) is 25.0 Å². The number of nitrogens with zero attached hydrogens (tertiary/aromatic N) is 1. The standard InChI is InChI=1S/C21H32NO4/c1-2-3-4-5-6-7-8-12-18-25-20(23)13-14-21(24)26-19-17-22-15-10-9-11-16-22/h9-11,13-16H,2-8,12,17-19H2,1H3/q+1/b14-13-. The molecule has 0 aliphatic heterocycles. The number of carbonyl (C=O) groups is 2. The van der Waals surface area contributed by atoms with Crippen LogP contribution in [0.2, 0.25) is 0 Å². The Morgan fingerprint density at radius 1 is 0.769 bits per heavy atom. The molecular weight excluding hydrogens is 330 g/mol. The van der Waals surface area contributed by atoms with Crippen LogP contribution in [0.5, 0.6) is 0 Å². The van der Waals surface area contributed by atoms with Gasteiger partial charge >= 0.3 is 11.9 Å². The van der Waals surface area contributed by atoms with Gasteiger partial charge in [-0.15, -0.1) is 0 Å². The Labute approximate surface area is 157 Å². The summed E-state index contributed by atoms with van der Waals surface area (Å²) in [6, 6.07) is 5.73. The van der Waals surface area contributed by atoms with Crippen molar-refractivity contribution >= 4 is 11.9 Å². The first-order valence-electron chi connectivity index (χ1n) is 9.68. The molecule has 1 rings (SSSR count). The molecule has 5 heteroatoms.